The maximum Gasteiger partial charge on any atom is 0.494 e. The van der Waals surface area contributed by atoms with E-state index in [1.165, 1.54) is 25.0 Å². The van der Waals surface area contributed by atoms with Gasteiger partial charge in [-0.25, -0.2) is 4.39 Å². The molecule has 1 aliphatic carbocycles. The average Bonchev–Trinajstić information content (AvgIpc) is 3.47. The Balaban J connectivity index is 1.45. The quantitative estimate of drug-likeness (QED) is 0.726. The fourth-order valence-corrected chi connectivity index (χ4v) is 3.17. The fourth-order valence-electron chi connectivity index (χ4n) is 3.17. The van der Waals surface area contributed by atoms with Gasteiger partial charge in [-0.05, 0) is 88.3 Å². The second kappa shape index (κ2) is 7.71. The summed E-state index contributed by atoms with van der Waals surface area (Å²) < 4.78 is 32.1. The summed E-state index contributed by atoms with van der Waals surface area (Å²) in [6.07, 6.45) is 2.45. The summed E-state index contributed by atoms with van der Waals surface area (Å²) in [6.45, 7) is 8.51. The maximum absolute atomic E-state index is 14.4. The lowest BCUT2D eigenvalue weighted by atomic mass is 9.78. The number of anilines is 1. The molecule has 1 saturated heterocycles. The molecule has 2 aromatic rings. The van der Waals surface area contributed by atoms with Crippen molar-refractivity contribution in [2.45, 2.75) is 51.7 Å². The van der Waals surface area contributed by atoms with Crippen molar-refractivity contribution in [2.24, 2.45) is 5.92 Å². The molecule has 0 atom stereocenters. The van der Waals surface area contributed by atoms with Crippen molar-refractivity contribution in [3.63, 3.8) is 0 Å². The summed E-state index contributed by atoms with van der Waals surface area (Å²) in [5.41, 5.74) is 0.0785. The Morgan fingerprint density at radius 1 is 1.10 bits per heavy atom. The number of ether oxygens (including phenoxy) is 1. The van der Waals surface area contributed by atoms with Crippen LogP contribution in [-0.2, 0) is 9.31 Å². The van der Waals surface area contributed by atoms with Gasteiger partial charge in [0, 0.05) is 5.69 Å². The van der Waals surface area contributed by atoms with Crippen LogP contribution < -0.4 is 15.5 Å². The van der Waals surface area contributed by atoms with Crippen molar-refractivity contribution in [1.29, 1.82) is 0 Å². The Kier molecular flexibility index (Phi) is 5.36. The van der Waals surface area contributed by atoms with E-state index < -0.39 is 30.0 Å². The molecule has 0 spiro atoms. The van der Waals surface area contributed by atoms with Gasteiger partial charge in [-0.1, -0.05) is 6.07 Å². The molecule has 1 aliphatic heterocycles. The number of halogens is 1. The van der Waals surface area contributed by atoms with Crippen LogP contribution in [-0.4, -0.2) is 30.8 Å². The molecule has 4 rings (SSSR count). The summed E-state index contributed by atoms with van der Waals surface area (Å²) >= 11 is 0. The Morgan fingerprint density at radius 2 is 1.73 bits per heavy atom. The third-order valence-electron chi connectivity index (χ3n) is 6.06. The first kappa shape index (κ1) is 20.9. The van der Waals surface area contributed by atoms with E-state index in [0.717, 1.165) is 12.4 Å². The van der Waals surface area contributed by atoms with Crippen LogP contribution in [0.4, 0.5) is 10.1 Å². The zero-order chi connectivity index (χ0) is 21.5. The Morgan fingerprint density at radius 3 is 2.33 bits per heavy atom. The lowest BCUT2D eigenvalue weighted by molar-refractivity contribution is 0.00578. The molecule has 0 aromatic heterocycles. The van der Waals surface area contributed by atoms with Gasteiger partial charge in [-0.3, -0.25) is 4.79 Å². The van der Waals surface area contributed by atoms with E-state index in [1.807, 2.05) is 27.7 Å². The first-order valence-corrected chi connectivity index (χ1v) is 10.3. The number of nitrogens with one attached hydrogen (secondary N) is 1. The number of carbonyl (C=O) groups excluding carboxylic acids is 1. The van der Waals surface area contributed by atoms with Crippen LogP contribution in [0.3, 0.4) is 0 Å². The summed E-state index contributed by atoms with van der Waals surface area (Å²) in [4.78, 5) is 12.7. The molecule has 1 heterocycles. The van der Waals surface area contributed by atoms with Crippen molar-refractivity contribution in [3.8, 4) is 5.75 Å². The molecule has 5 nitrogen and oxygen atoms in total. The van der Waals surface area contributed by atoms with Gasteiger partial charge < -0.3 is 19.4 Å². The fraction of sp³-hybridized carbons (Fsp3) is 0.435. The lowest BCUT2D eigenvalue weighted by Gasteiger charge is -2.32. The van der Waals surface area contributed by atoms with Crippen LogP contribution in [0.15, 0.2) is 42.5 Å². The number of rotatable bonds is 6. The molecule has 1 N–H and O–H groups in total. The van der Waals surface area contributed by atoms with Crippen LogP contribution in [0.1, 0.15) is 50.9 Å². The molecule has 0 bridgehead atoms. The van der Waals surface area contributed by atoms with Gasteiger partial charge in [0.05, 0.1) is 23.4 Å². The maximum atomic E-state index is 14.4. The van der Waals surface area contributed by atoms with Gasteiger partial charge >= 0.3 is 7.12 Å². The summed E-state index contributed by atoms with van der Waals surface area (Å²) in [7, 11) is -0.662. The highest BCUT2D eigenvalue weighted by molar-refractivity contribution is 6.62. The second-order valence-corrected chi connectivity index (χ2v) is 9.06. The molecule has 1 amide bonds. The topological polar surface area (TPSA) is 56.8 Å². The van der Waals surface area contributed by atoms with Gasteiger partial charge in [-0.15, -0.1) is 0 Å². The normalized spacial score (nSPS) is 19.6. The highest BCUT2D eigenvalue weighted by atomic mass is 19.1. The van der Waals surface area contributed by atoms with E-state index in [1.54, 1.807) is 30.3 Å². The standard InChI is InChI=1S/C23H27BFNO4/c1-22(2)23(3,4)30-24(29-22)16-7-12-20(25)19(13-16)21(27)26-17-8-10-18(11-9-17)28-14-15-5-6-15/h7-13,15H,5-6,14H2,1-4H3,(H,26,27). The van der Waals surface area contributed by atoms with Gasteiger partial charge in [-0.2, -0.15) is 0 Å². The monoisotopic (exact) mass is 411 g/mol. The minimum absolute atomic E-state index is 0.0590. The number of benzene rings is 2. The van der Waals surface area contributed by atoms with E-state index in [0.29, 0.717) is 17.1 Å². The minimum Gasteiger partial charge on any atom is -0.493 e. The average molecular weight is 411 g/mol. The SMILES string of the molecule is CC1(C)OB(c2ccc(F)c(C(=O)Nc3ccc(OCC4CC4)cc3)c2)OC1(C)C. The van der Waals surface area contributed by atoms with Crippen LogP contribution in [0, 0.1) is 11.7 Å². The third-order valence-corrected chi connectivity index (χ3v) is 6.06. The zero-order valence-electron chi connectivity index (χ0n) is 17.8. The van der Waals surface area contributed by atoms with Crippen LogP contribution in [0.5, 0.6) is 5.75 Å². The highest BCUT2D eigenvalue weighted by Crippen LogP contribution is 2.36. The summed E-state index contributed by atoms with van der Waals surface area (Å²) in [5.74, 6) is 0.298. The van der Waals surface area contributed by atoms with Crippen molar-refractivity contribution in [3.05, 3.63) is 53.8 Å². The highest BCUT2D eigenvalue weighted by Gasteiger charge is 2.51. The molecular weight excluding hydrogens is 384 g/mol. The van der Waals surface area contributed by atoms with E-state index in [9.17, 15) is 9.18 Å². The van der Waals surface area contributed by atoms with Gasteiger partial charge in [0.2, 0.25) is 0 Å². The second-order valence-electron chi connectivity index (χ2n) is 9.06. The van der Waals surface area contributed by atoms with Gasteiger partial charge in [0.15, 0.2) is 0 Å². The molecule has 30 heavy (non-hydrogen) atoms. The van der Waals surface area contributed by atoms with Crippen molar-refractivity contribution in [2.75, 3.05) is 11.9 Å². The van der Waals surface area contributed by atoms with Crippen molar-refractivity contribution >= 4 is 24.2 Å². The molecule has 2 aromatic carbocycles. The third kappa shape index (κ3) is 4.37. The first-order chi connectivity index (χ1) is 14.1. The number of carbonyl (C=O) groups is 1. The van der Waals surface area contributed by atoms with Gasteiger partial charge in [0.1, 0.15) is 11.6 Å². The zero-order valence-corrected chi connectivity index (χ0v) is 17.8. The Hall–Kier alpha value is -2.38. The molecule has 2 fully saturated rings. The largest absolute Gasteiger partial charge is 0.494 e. The molecule has 158 valence electrons. The number of amides is 1. The number of hydrogen-bond acceptors (Lipinski definition) is 4. The predicted octanol–water partition coefficient (Wildman–Crippen LogP) is 4.17. The molecular formula is C23H27BFNO4. The van der Waals surface area contributed by atoms with E-state index in [-0.39, 0.29) is 5.56 Å². The molecule has 0 unspecified atom stereocenters. The van der Waals surface area contributed by atoms with Crippen LogP contribution >= 0.6 is 0 Å². The van der Waals surface area contributed by atoms with Crippen molar-refractivity contribution < 1.29 is 23.2 Å². The Labute approximate surface area is 177 Å². The molecule has 0 radical (unpaired) electrons. The summed E-state index contributed by atoms with van der Waals surface area (Å²) in [5, 5.41) is 2.74. The van der Waals surface area contributed by atoms with Crippen LogP contribution in [0.2, 0.25) is 0 Å². The molecule has 2 aliphatic rings. The van der Waals surface area contributed by atoms with E-state index >= 15 is 0 Å². The van der Waals surface area contributed by atoms with Crippen LogP contribution in [0.25, 0.3) is 0 Å². The predicted molar refractivity (Wildman–Crippen MR) is 115 cm³/mol. The van der Waals surface area contributed by atoms with Crippen molar-refractivity contribution in [1.82, 2.24) is 0 Å². The van der Waals surface area contributed by atoms with E-state index in [2.05, 4.69) is 5.32 Å². The minimum atomic E-state index is -0.662. The Bertz CT molecular complexity index is 925. The smallest absolute Gasteiger partial charge is 0.493 e. The number of hydrogen-bond donors (Lipinski definition) is 1. The molecule has 1 saturated carbocycles. The lowest BCUT2D eigenvalue weighted by Crippen LogP contribution is -2.41. The molecule has 7 heteroatoms. The summed E-state index contributed by atoms with van der Waals surface area (Å²) in [6, 6.07) is 11.4. The van der Waals surface area contributed by atoms with E-state index in [4.69, 9.17) is 14.0 Å². The first-order valence-electron chi connectivity index (χ1n) is 10.3. The van der Waals surface area contributed by atoms with Gasteiger partial charge in [0.25, 0.3) is 5.91 Å².